The fraction of sp³-hybridized carbons (Fsp3) is 0.346. The summed E-state index contributed by atoms with van der Waals surface area (Å²) in [5.74, 6) is -0.618. The van der Waals surface area contributed by atoms with Gasteiger partial charge in [0.25, 0.3) is 5.69 Å². The van der Waals surface area contributed by atoms with Crippen molar-refractivity contribution in [3.05, 3.63) is 82.4 Å². The molecule has 4 aliphatic carbocycles. The summed E-state index contributed by atoms with van der Waals surface area (Å²) in [4.78, 5) is 52.3. The van der Waals surface area contributed by atoms with Crippen LogP contribution in [-0.2, 0) is 20.8 Å². The quantitative estimate of drug-likeness (QED) is 0.310. The van der Waals surface area contributed by atoms with Crippen LogP contribution in [0.25, 0.3) is 0 Å². The highest BCUT2D eigenvalue weighted by molar-refractivity contribution is 6.10. The number of nitro benzene ring substituents is 1. The van der Waals surface area contributed by atoms with Crippen molar-refractivity contribution in [1.29, 1.82) is 0 Å². The lowest BCUT2D eigenvalue weighted by Gasteiger charge is -2.37. The molecule has 1 saturated heterocycles. The van der Waals surface area contributed by atoms with E-state index in [0.717, 1.165) is 12.0 Å². The number of nitro groups is 1. The van der Waals surface area contributed by atoms with Crippen molar-refractivity contribution in [2.24, 2.45) is 35.5 Å². The Morgan fingerprint density at radius 1 is 0.971 bits per heavy atom. The lowest BCUT2D eigenvalue weighted by atomic mass is 9.63. The number of benzene rings is 2. The molecule has 1 aliphatic heterocycles. The predicted octanol–water partition coefficient (Wildman–Crippen LogP) is 3.20. The second kappa shape index (κ2) is 7.62. The number of non-ortho nitro benzene ring substituents is 1. The first kappa shape index (κ1) is 20.8. The fourth-order valence-electron chi connectivity index (χ4n) is 6.32. The summed E-state index contributed by atoms with van der Waals surface area (Å²) in [6.07, 6.45) is 5.49. The van der Waals surface area contributed by atoms with E-state index in [0.29, 0.717) is 17.5 Å². The highest BCUT2D eigenvalue weighted by Crippen LogP contribution is 2.65. The van der Waals surface area contributed by atoms with Gasteiger partial charge in [-0.2, -0.15) is 0 Å². The number of nitrogens with zero attached hydrogens (tertiary/aromatic N) is 2. The molecule has 0 aromatic heterocycles. The minimum Gasteiger partial charge on any atom is -0.324 e. The second-order valence-corrected chi connectivity index (χ2v) is 9.70. The lowest BCUT2D eigenvalue weighted by molar-refractivity contribution is -0.384. The van der Waals surface area contributed by atoms with Crippen molar-refractivity contribution in [2.75, 3.05) is 5.32 Å². The van der Waals surface area contributed by atoms with Crippen LogP contribution in [0.1, 0.15) is 12.0 Å². The van der Waals surface area contributed by atoms with Crippen molar-refractivity contribution in [3.8, 4) is 0 Å². The zero-order chi connectivity index (χ0) is 23.6. The molecule has 2 aromatic rings. The molecule has 8 nitrogen and oxygen atoms in total. The van der Waals surface area contributed by atoms with Gasteiger partial charge in [-0.05, 0) is 47.8 Å². The monoisotopic (exact) mass is 457 g/mol. The zero-order valence-corrected chi connectivity index (χ0v) is 18.2. The highest BCUT2D eigenvalue weighted by Gasteiger charge is 2.67. The van der Waals surface area contributed by atoms with Crippen LogP contribution in [0.2, 0.25) is 0 Å². The Morgan fingerprint density at radius 2 is 1.56 bits per heavy atom. The summed E-state index contributed by atoms with van der Waals surface area (Å²) >= 11 is 0. The van der Waals surface area contributed by atoms with Crippen LogP contribution in [-0.4, -0.2) is 33.6 Å². The normalized spacial score (nSPS) is 31.1. The first-order chi connectivity index (χ1) is 16.4. The summed E-state index contributed by atoms with van der Waals surface area (Å²) in [5, 5.41) is 13.7. The number of allylic oxidation sites excluding steroid dienone is 2. The van der Waals surface area contributed by atoms with Gasteiger partial charge in [-0.1, -0.05) is 42.5 Å². The lowest BCUT2D eigenvalue weighted by Crippen LogP contribution is -2.49. The van der Waals surface area contributed by atoms with Gasteiger partial charge in [0.15, 0.2) is 0 Å². The molecule has 1 N–H and O–H groups in total. The summed E-state index contributed by atoms with van der Waals surface area (Å²) in [6, 6.07) is 13.8. The number of rotatable bonds is 6. The van der Waals surface area contributed by atoms with Crippen molar-refractivity contribution in [1.82, 2.24) is 4.90 Å². The summed E-state index contributed by atoms with van der Waals surface area (Å²) in [6.45, 7) is 0. The largest absolute Gasteiger partial charge is 0.324 e. The van der Waals surface area contributed by atoms with Crippen LogP contribution in [0.4, 0.5) is 11.4 Å². The summed E-state index contributed by atoms with van der Waals surface area (Å²) in [7, 11) is 0. The van der Waals surface area contributed by atoms with Crippen LogP contribution in [0, 0.1) is 45.6 Å². The second-order valence-electron chi connectivity index (χ2n) is 9.70. The third-order valence-corrected chi connectivity index (χ3v) is 7.93. The molecule has 2 bridgehead atoms. The Labute approximate surface area is 195 Å². The van der Waals surface area contributed by atoms with E-state index in [1.807, 2.05) is 30.3 Å². The SMILES string of the molecule is O=C(Nc1ccc([N+](=O)[O-])cc1)[C@H](Cc1ccccc1)N1C(=O)[C@@H]2[C@H]3C=C[C@@H]([C@@H]4C[C@H]34)[C@H]2C1=O. The maximum Gasteiger partial charge on any atom is 0.269 e. The molecule has 0 radical (unpaired) electrons. The Kier molecular flexibility index (Phi) is 4.65. The van der Waals surface area contributed by atoms with E-state index < -0.39 is 16.9 Å². The maximum absolute atomic E-state index is 13.6. The smallest absolute Gasteiger partial charge is 0.269 e. The van der Waals surface area contributed by atoms with E-state index in [9.17, 15) is 24.5 Å². The number of likely N-dealkylation sites (tertiary alicyclic amines) is 1. The molecule has 1 heterocycles. The van der Waals surface area contributed by atoms with Crippen LogP contribution in [0.5, 0.6) is 0 Å². The van der Waals surface area contributed by atoms with Gasteiger partial charge in [0.05, 0.1) is 16.8 Å². The topological polar surface area (TPSA) is 110 Å². The summed E-state index contributed by atoms with van der Waals surface area (Å²) < 4.78 is 0. The van der Waals surface area contributed by atoms with E-state index in [-0.39, 0.29) is 47.6 Å². The highest BCUT2D eigenvalue weighted by atomic mass is 16.6. The zero-order valence-electron chi connectivity index (χ0n) is 18.2. The number of carbonyl (C=O) groups excluding carboxylic acids is 3. The molecule has 5 aliphatic rings. The predicted molar refractivity (Wildman–Crippen MR) is 122 cm³/mol. The third-order valence-electron chi connectivity index (χ3n) is 7.93. The minimum absolute atomic E-state index is 0.0801. The first-order valence-electron chi connectivity index (χ1n) is 11.6. The van der Waals surface area contributed by atoms with Gasteiger partial charge in [0.1, 0.15) is 6.04 Å². The van der Waals surface area contributed by atoms with Gasteiger partial charge in [-0.25, -0.2) is 0 Å². The molecule has 2 saturated carbocycles. The van der Waals surface area contributed by atoms with E-state index in [4.69, 9.17) is 0 Å². The van der Waals surface area contributed by atoms with Gasteiger partial charge >= 0.3 is 0 Å². The Morgan fingerprint density at radius 3 is 2.12 bits per heavy atom. The van der Waals surface area contributed by atoms with E-state index in [2.05, 4.69) is 17.5 Å². The number of carbonyl (C=O) groups is 3. The standard InChI is InChI=1S/C26H23N3O5/c30-24(27-15-6-8-16(9-7-15)29(33)34)21(12-14-4-2-1-3-5-14)28-25(31)22-17-10-11-18(20-13-19(17)20)23(22)26(28)32/h1-11,17-23H,12-13H2,(H,27,30)/t17-,18-,19-,20+,21-,22+,23+/m0/s1. The molecule has 172 valence electrons. The van der Waals surface area contributed by atoms with E-state index >= 15 is 0 Å². The van der Waals surface area contributed by atoms with E-state index in [1.165, 1.54) is 29.2 Å². The molecule has 7 rings (SSSR count). The molecule has 8 heteroatoms. The number of hydrogen-bond donors (Lipinski definition) is 1. The molecule has 0 unspecified atom stereocenters. The number of imide groups is 1. The van der Waals surface area contributed by atoms with Crippen LogP contribution in [0.15, 0.2) is 66.7 Å². The van der Waals surface area contributed by atoms with Crippen LogP contribution < -0.4 is 5.32 Å². The van der Waals surface area contributed by atoms with Gasteiger partial charge in [0, 0.05) is 24.2 Å². The molecule has 2 aromatic carbocycles. The van der Waals surface area contributed by atoms with Crippen molar-refractivity contribution >= 4 is 29.1 Å². The third kappa shape index (κ3) is 3.16. The average Bonchev–Trinajstić information content (AvgIpc) is 3.62. The molecular formula is C26H23N3O5. The number of hydrogen-bond acceptors (Lipinski definition) is 5. The Bertz CT molecular complexity index is 1190. The number of nitrogens with one attached hydrogen (secondary N) is 1. The minimum atomic E-state index is -1.00. The van der Waals surface area contributed by atoms with Gasteiger partial charge in [-0.15, -0.1) is 0 Å². The summed E-state index contributed by atoms with van der Waals surface area (Å²) in [5.41, 5.74) is 1.12. The Hall–Kier alpha value is -3.81. The van der Waals surface area contributed by atoms with Crippen molar-refractivity contribution in [2.45, 2.75) is 18.9 Å². The number of amides is 3. The van der Waals surface area contributed by atoms with Crippen molar-refractivity contribution in [3.63, 3.8) is 0 Å². The van der Waals surface area contributed by atoms with Gasteiger partial charge < -0.3 is 5.32 Å². The van der Waals surface area contributed by atoms with Crippen molar-refractivity contribution < 1.29 is 19.3 Å². The fourth-order valence-corrected chi connectivity index (χ4v) is 6.32. The number of anilines is 1. The van der Waals surface area contributed by atoms with Crippen LogP contribution in [0.3, 0.4) is 0 Å². The molecular weight excluding hydrogens is 434 g/mol. The molecule has 3 fully saturated rings. The molecule has 34 heavy (non-hydrogen) atoms. The first-order valence-corrected chi connectivity index (χ1v) is 11.6. The molecule has 0 spiro atoms. The molecule has 3 amide bonds. The van der Waals surface area contributed by atoms with E-state index in [1.54, 1.807) is 0 Å². The maximum atomic E-state index is 13.6. The Balaban J connectivity index is 1.30. The van der Waals surface area contributed by atoms with Crippen LogP contribution >= 0.6 is 0 Å². The molecule has 7 atom stereocenters. The van der Waals surface area contributed by atoms with Gasteiger partial charge in [0.2, 0.25) is 17.7 Å². The average molecular weight is 457 g/mol. The van der Waals surface area contributed by atoms with Gasteiger partial charge in [-0.3, -0.25) is 29.4 Å².